The third-order valence-electron chi connectivity index (χ3n) is 7.20. The number of hydrogen-bond donors (Lipinski definition) is 1. The van der Waals surface area contributed by atoms with E-state index in [0.717, 1.165) is 38.8 Å². The molecule has 39 heavy (non-hydrogen) atoms. The van der Waals surface area contributed by atoms with E-state index in [0.29, 0.717) is 17.1 Å². The van der Waals surface area contributed by atoms with Crippen LogP contribution in [0.1, 0.15) is 56.2 Å². The van der Waals surface area contributed by atoms with E-state index in [2.05, 4.69) is 80.6 Å². The third kappa shape index (κ3) is 4.59. The summed E-state index contributed by atoms with van der Waals surface area (Å²) in [6.07, 6.45) is 1.80. The molecule has 0 atom stereocenters. The van der Waals surface area contributed by atoms with Crippen LogP contribution in [-0.2, 0) is 21.1 Å². The Labute approximate surface area is 242 Å². The summed E-state index contributed by atoms with van der Waals surface area (Å²) in [5.74, 6) is 2.44. The summed E-state index contributed by atoms with van der Waals surface area (Å²) in [6.45, 7) is 10.5. The van der Waals surface area contributed by atoms with Crippen molar-refractivity contribution >= 4 is 32.7 Å². The van der Waals surface area contributed by atoms with E-state index in [9.17, 15) is 5.11 Å². The third-order valence-corrected chi connectivity index (χ3v) is 7.20. The van der Waals surface area contributed by atoms with Crippen LogP contribution in [0.5, 0.6) is 17.4 Å². The van der Waals surface area contributed by atoms with Gasteiger partial charge < -0.3 is 14.4 Å². The van der Waals surface area contributed by atoms with Crippen molar-refractivity contribution < 1.29 is 30.9 Å². The maximum atomic E-state index is 11.0. The van der Waals surface area contributed by atoms with Gasteiger partial charge in [0.25, 0.3) is 0 Å². The number of benzene rings is 3. The summed E-state index contributed by atoms with van der Waals surface area (Å²) in [5, 5.41) is 14.2. The summed E-state index contributed by atoms with van der Waals surface area (Å²) in [6, 6.07) is 25.8. The molecule has 0 aliphatic rings. The first-order valence-electron chi connectivity index (χ1n) is 13.0. The minimum Gasteiger partial charge on any atom is -0.505 e. The number of aromatic hydroxyl groups is 1. The number of fused-ring (bicyclic) bond motifs is 4. The largest absolute Gasteiger partial charge is 0.505 e. The topological polar surface area (TPSA) is 60.2 Å². The molecule has 0 aliphatic carbocycles. The first-order valence-corrected chi connectivity index (χ1v) is 13.0. The van der Waals surface area contributed by atoms with Crippen molar-refractivity contribution in [2.24, 2.45) is 0 Å². The Morgan fingerprint density at radius 2 is 1.69 bits per heavy atom. The number of ether oxygens (including phenoxy) is 1. The van der Waals surface area contributed by atoms with E-state index in [-0.39, 0.29) is 38.7 Å². The molecule has 6 aromatic rings. The van der Waals surface area contributed by atoms with E-state index in [1.807, 2.05) is 36.4 Å². The van der Waals surface area contributed by atoms with Crippen LogP contribution < -0.4 is 4.74 Å². The molecule has 0 amide bonds. The van der Waals surface area contributed by atoms with Gasteiger partial charge in [-0.15, -0.1) is 17.5 Å². The minimum absolute atomic E-state index is 0. The Bertz CT molecular complexity index is 1820. The van der Waals surface area contributed by atoms with Gasteiger partial charge in [0, 0.05) is 49.5 Å². The van der Waals surface area contributed by atoms with Gasteiger partial charge in [0.1, 0.15) is 17.1 Å². The van der Waals surface area contributed by atoms with Gasteiger partial charge >= 0.3 is 0 Å². The molecule has 1 N–H and O–H groups in total. The molecule has 0 spiro atoms. The Hall–Kier alpha value is -3.69. The monoisotopic (exact) mass is 695 g/mol. The summed E-state index contributed by atoms with van der Waals surface area (Å²) in [5.41, 5.74) is 5.56. The molecule has 0 radical (unpaired) electrons. The Kier molecular flexibility index (Phi) is 7.22. The van der Waals surface area contributed by atoms with Crippen LogP contribution in [0.4, 0.5) is 0 Å². The summed E-state index contributed by atoms with van der Waals surface area (Å²) in [7, 11) is 0. The number of pyridine rings is 2. The van der Waals surface area contributed by atoms with Crippen LogP contribution in [-0.4, -0.2) is 19.6 Å². The second-order valence-corrected chi connectivity index (χ2v) is 10.4. The molecular weight excluding hydrogens is 665 g/mol. The van der Waals surface area contributed by atoms with Gasteiger partial charge in [0.2, 0.25) is 5.88 Å². The first-order chi connectivity index (χ1) is 18.3. The molecule has 200 valence electrons. The number of rotatable bonds is 5. The number of aryl methyl sites for hydroxylation is 1. The molecule has 3 heterocycles. The molecule has 3 aromatic carbocycles. The van der Waals surface area contributed by atoms with Crippen LogP contribution in [0.25, 0.3) is 38.5 Å². The molecule has 0 aliphatic heterocycles. The van der Waals surface area contributed by atoms with Crippen molar-refractivity contribution in [3.8, 4) is 23.2 Å². The van der Waals surface area contributed by atoms with Crippen LogP contribution in [0, 0.1) is 13.0 Å². The molecule has 0 fully saturated rings. The second-order valence-electron chi connectivity index (χ2n) is 10.4. The van der Waals surface area contributed by atoms with E-state index < -0.39 is 0 Å². The average molecular weight is 696 g/mol. The molecule has 0 saturated carbocycles. The normalized spacial score (nSPS) is 11.6. The number of aromatic nitrogens is 3. The fourth-order valence-corrected chi connectivity index (χ4v) is 5.24. The number of hydrogen-bond acceptors (Lipinski definition) is 4. The molecule has 5 nitrogen and oxygen atoms in total. The van der Waals surface area contributed by atoms with Crippen molar-refractivity contribution in [2.75, 3.05) is 0 Å². The fourth-order valence-electron chi connectivity index (χ4n) is 5.24. The fraction of sp³-hybridized carbons (Fsp3) is 0.212. The summed E-state index contributed by atoms with van der Waals surface area (Å²) >= 11 is 0. The van der Waals surface area contributed by atoms with Gasteiger partial charge in [-0.05, 0) is 54.0 Å². The van der Waals surface area contributed by atoms with Gasteiger partial charge in [-0.1, -0.05) is 69.1 Å². The number of phenols is 1. The zero-order valence-corrected chi connectivity index (χ0v) is 24.9. The van der Waals surface area contributed by atoms with Crippen LogP contribution >= 0.6 is 0 Å². The zero-order chi connectivity index (χ0) is 26.6. The second kappa shape index (κ2) is 10.5. The number of phenolic OH excluding ortho intramolecular Hbond substituents is 1. The van der Waals surface area contributed by atoms with Gasteiger partial charge in [-0.3, -0.25) is 0 Å². The van der Waals surface area contributed by atoms with Gasteiger partial charge in [0.05, 0.1) is 0 Å². The van der Waals surface area contributed by atoms with Crippen molar-refractivity contribution in [2.45, 2.75) is 46.5 Å². The van der Waals surface area contributed by atoms with E-state index >= 15 is 0 Å². The molecular formula is C33H30N3O2Pt-. The molecule has 0 unspecified atom stereocenters. The summed E-state index contributed by atoms with van der Waals surface area (Å²) < 4.78 is 8.58. The van der Waals surface area contributed by atoms with E-state index in [1.165, 1.54) is 10.9 Å². The van der Waals surface area contributed by atoms with E-state index in [4.69, 9.17) is 9.72 Å². The van der Waals surface area contributed by atoms with Crippen molar-refractivity contribution in [1.82, 2.24) is 14.5 Å². The van der Waals surface area contributed by atoms with Crippen molar-refractivity contribution in [3.63, 3.8) is 0 Å². The number of nitrogens with zero attached hydrogens (tertiary/aromatic N) is 3. The predicted octanol–water partition coefficient (Wildman–Crippen LogP) is 8.58. The van der Waals surface area contributed by atoms with Crippen LogP contribution in [0.15, 0.2) is 72.9 Å². The Morgan fingerprint density at radius 3 is 2.41 bits per heavy atom. The molecule has 0 saturated heterocycles. The smallest absolute Gasteiger partial charge is 0.220 e. The minimum atomic E-state index is 0. The first kappa shape index (κ1) is 26.9. The molecule has 0 bridgehead atoms. The summed E-state index contributed by atoms with van der Waals surface area (Å²) in [4.78, 5) is 9.47. The Morgan fingerprint density at radius 1 is 0.897 bits per heavy atom. The van der Waals surface area contributed by atoms with Crippen molar-refractivity contribution in [1.29, 1.82) is 0 Å². The predicted molar refractivity (Wildman–Crippen MR) is 154 cm³/mol. The quantitative estimate of drug-likeness (QED) is 0.184. The molecule has 6 rings (SSSR count). The van der Waals surface area contributed by atoms with Crippen molar-refractivity contribution in [3.05, 3.63) is 95.7 Å². The zero-order valence-electron chi connectivity index (χ0n) is 22.6. The van der Waals surface area contributed by atoms with Gasteiger partial charge in [-0.25, -0.2) is 9.97 Å². The SMILES string of the molecule is Cc1cccc2c1c1ccc(Oc3nc4c(O)c(C(C)C)ccc4cc3C(C)C)[c-]c1n2-c1ccccn1.[Pt]. The van der Waals surface area contributed by atoms with Crippen LogP contribution in [0.2, 0.25) is 0 Å². The standard InChI is InChI=1S/C33H30N3O2.Pt/c1-19(2)24-14-12-22-17-26(20(3)4)33(35-31(22)32(24)37)38-23-13-15-25-28(18-23)36(29-11-6-7-16-34-29)27-10-8-9-21(5)30(25)27;/h6-17,19-20,37H,1-5H3;/q-1;. The maximum Gasteiger partial charge on any atom is 0.220 e. The van der Waals surface area contributed by atoms with Crippen LogP contribution in [0.3, 0.4) is 0 Å². The molecule has 6 heteroatoms. The van der Waals surface area contributed by atoms with Gasteiger partial charge in [-0.2, -0.15) is 6.07 Å². The van der Waals surface area contributed by atoms with Gasteiger partial charge in [0.15, 0.2) is 0 Å². The molecule has 3 aromatic heterocycles. The maximum absolute atomic E-state index is 11.0. The van der Waals surface area contributed by atoms with E-state index in [1.54, 1.807) is 6.20 Å². The Balaban J connectivity index is 0.00000308. The average Bonchev–Trinajstić information content (AvgIpc) is 3.23.